The van der Waals surface area contributed by atoms with Gasteiger partial charge in [0, 0.05) is 51.0 Å². The Hall–Kier alpha value is -3.16. The second-order valence-corrected chi connectivity index (χ2v) is 8.33. The fraction of sp³-hybridized carbons (Fsp3) is 0.458. The van der Waals surface area contributed by atoms with Crippen LogP contribution < -0.4 is 9.64 Å². The number of carbonyl (C=O) groups excluding carboxylic acids is 1. The van der Waals surface area contributed by atoms with E-state index in [9.17, 15) is 9.18 Å². The van der Waals surface area contributed by atoms with Gasteiger partial charge in [-0.3, -0.25) is 4.79 Å². The van der Waals surface area contributed by atoms with Crippen LogP contribution in [-0.4, -0.2) is 58.9 Å². The maximum atomic E-state index is 13.2. The third-order valence-corrected chi connectivity index (χ3v) is 6.35. The molecule has 1 aliphatic heterocycles. The summed E-state index contributed by atoms with van der Waals surface area (Å²) in [6.45, 7) is 7.04. The highest BCUT2D eigenvalue weighted by Crippen LogP contribution is 2.30. The van der Waals surface area contributed by atoms with Crippen LogP contribution in [0.15, 0.2) is 24.3 Å². The molecule has 170 valence electrons. The molecule has 1 amide bonds. The Morgan fingerprint density at radius 1 is 1.12 bits per heavy atom. The van der Waals surface area contributed by atoms with Gasteiger partial charge in [0.25, 0.3) is 0 Å². The van der Waals surface area contributed by atoms with E-state index >= 15 is 0 Å². The van der Waals surface area contributed by atoms with Crippen molar-refractivity contribution in [1.82, 2.24) is 19.7 Å². The van der Waals surface area contributed by atoms with E-state index < -0.39 is 0 Å². The minimum Gasteiger partial charge on any atom is -0.479 e. The number of hydrogen-bond acceptors (Lipinski definition) is 5. The van der Waals surface area contributed by atoms with E-state index in [4.69, 9.17) is 9.72 Å². The van der Waals surface area contributed by atoms with E-state index in [0.717, 1.165) is 59.6 Å². The predicted molar refractivity (Wildman–Crippen MR) is 123 cm³/mol. The molecule has 3 heterocycles. The molecule has 1 aromatic carbocycles. The van der Waals surface area contributed by atoms with Crippen LogP contribution in [0, 0.1) is 19.7 Å². The van der Waals surface area contributed by atoms with Crippen molar-refractivity contribution >= 4 is 22.6 Å². The summed E-state index contributed by atoms with van der Waals surface area (Å²) in [6.07, 6.45) is 1.96. The van der Waals surface area contributed by atoms with Gasteiger partial charge < -0.3 is 14.5 Å². The number of hydrogen-bond donors (Lipinski definition) is 0. The number of anilines is 1. The SMILES string of the molecule is COc1nn(C)c2nc(C)c(CCC(=O)N3CCCN(c4ccc(F)cc4)CC3)c(C)c12. The number of rotatable bonds is 5. The fourth-order valence-corrected chi connectivity index (χ4v) is 4.57. The topological polar surface area (TPSA) is 63.5 Å². The zero-order valence-corrected chi connectivity index (χ0v) is 19.2. The molecule has 0 atom stereocenters. The first-order valence-corrected chi connectivity index (χ1v) is 11.0. The lowest BCUT2D eigenvalue weighted by molar-refractivity contribution is -0.130. The zero-order valence-electron chi connectivity index (χ0n) is 19.2. The molecule has 0 radical (unpaired) electrons. The molecule has 32 heavy (non-hydrogen) atoms. The maximum absolute atomic E-state index is 13.2. The zero-order chi connectivity index (χ0) is 22.8. The molecule has 3 aromatic rings. The highest BCUT2D eigenvalue weighted by molar-refractivity contribution is 5.86. The van der Waals surface area contributed by atoms with Crippen molar-refractivity contribution < 1.29 is 13.9 Å². The smallest absolute Gasteiger partial charge is 0.242 e. The van der Waals surface area contributed by atoms with Gasteiger partial charge in [0.15, 0.2) is 5.65 Å². The third-order valence-electron chi connectivity index (χ3n) is 6.35. The van der Waals surface area contributed by atoms with Crippen molar-refractivity contribution in [2.75, 3.05) is 38.2 Å². The molecule has 0 N–H and O–H groups in total. The number of pyridine rings is 1. The fourth-order valence-electron chi connectivity index (χ4n) is 4.57. The van der Waals surface area contributed by atoms with Gasteiger partial charge in [0.05, 0.1) is 12.5 Å². The summed E-state index contributed by atoms with van der Waals surface area (Å²) in [6, 6.07) is 6.56. The molecule has 0 aliphatic carbocycles. The molecule has 8 heteroatoms. The van der Waals surface area contributed by atoms with Gasteiger partial charge in [-0.1, -0.05) is 0 Å². The first-order valence-electron chi connectivity index (χ1n) is 11.0. The van der Waals surface area contributed by atoms with E-state index in [-0.39, 0.29) is 11.7 Å². The normalized spacial score (nSPS) is 14.7. The molecule has 2 aromatic heterocycles. The number of ether oxygens (including phenoxy) is 1. The van der Waals surface area contributed by atoms with Crippen molar-refractivity contribution in [2.24, 2.45) is 7.05 Å². The van der Waals surface area contributed by atoms with E-state index in [1.807, 2.05) is 25.8 Å². The van der Waals surface area contributed by atoms with Gasteiger partial charge in [0.1, 0.15) is 5.82 Å². The number of carbonyl (C=O) groups is 1. The number of nitrogens with zero attached hydrogens (tertiary/aromatic N) is 5. The number of aryl methyl sites for hydroxylation is 3. The van der Waals surface area contributed by atoms with Crippen LogP contribution in [-0.2, 0) is 18.3 Å². The van der Waals surface area contributed by atoms with Gasteiger partial charge in [-0.25, -0.2) is 14.1 Å². The first kappa shape index (κ1) is 22.0. The van der Waals surface area contributed by atoms with E-state index in [1.165, 1.54) is 12.1 Å². The summed E-state index contributed by atoms with van der Waals surface area (Å²) in [5.74, 6) is 0.485. The van der Waals surface area contributed by atoms with Crippen molar-refractivity contribution in [1.29, 1.82) is 0 Å². The summed E-state index contributed by atoms with van der Waals surface area (Å²) >= 11 is 0. The van der Waals surface area contributed by atoms with Crippen LogP contribution in [0.1, 0.15) is 29.7 Å². The number of benzene rings is 1. The summed E-state index contributed by atoms with van der Waals surface area (Å²) < 4.78 is 20.4. The van der Waals surface area contributed by atoms with Crippen LogP contribution in [0.3, 0.4) is 0 Å². The van der Waals surface area contributed by atoms with Crippen LogP contribution in [0.5, 0.6) is 5.88 Å². The summed E-state index contributed by atoms with van der Waals surface area (Å²) in [7, 11) is 3.47. The first-order chi connectivity index (χ1) is 15.4. The standard InChI is InChI=1S/C24H30FN5O2/c1-16-20(17(2)26-23-22(16)24(32-4)27-28(23)3)10-11-21(31)30-13-5-12-29(14-15-30)19-8-6-18(25)7-9-19/h6-9H,5,10-15H2,1-4H3. The Morgan fingerprint density at radius 2 is 1.88 bits per heavy atom. The largest absolute Gasteiger partial charge is 0.479 e. The molecule has 1 saturated heterocycles. The molecule has 0 spiro atoms. The molecule has 0 bridgehead atoms. The number of halogens is 1. The van der Waals surface area contributed by atoms with Crippen LogP contribution in [0.2, 0.25) is 0 Å². The van der Waals surface area contributed by atoms with E-state index in [2.05, 4.69) is 10.00 Å². The average molecular weight is 440 g/mol. The number of fused-ring (bicyclic) bond motifs is 1. The molecule has 1 fully saturated rings. The second-order valence-electron chi connectivity index (χ2n) is 8.33. The predicted octanol–water partition coefficient (Wildman–Crippen LogP) is 3.40. The molecule has 4 rings (SSSR count). The lowest BCUT2D eigenvalue weighted by atomic mass is 10.00. The maximum Gasteiger partial charge on any atom is 0.242 e. The highest BCUT2D eigenvalue weighted by atomic mass is 19.1. The van der Waals surface area contributed by atoms with Gasteiger partial charge in [-0.2, -0.15) is 0 Å². The molecular weight excluding hydrogens is 409 g/mol. The van der Waals surface area contributed by atoms with E-state index in [0.29, 0.717) is 25.3 Å². The van der Waals surface area contributed by atoms with Gasteiger partial charge in [-0.05, 0) is 62.1 Å². The van der Waals surface area contributed by atoms with Gasteiger partial charge >= 0.3 is 0 Å². The quantitative estimate of drug-likeness (QED) is 0.610. The Morgan fingerprint density at radius 3 is 2.59 bits per heavy atom. The van der Waals surface area contributed by atoms with Crippen LogP contribution in [0.4, 0.5) is 10.1 Å². The number of aromatic nitrogens is 3. The monoisotopic (exact) mass is 439 g/mol. The van der Waals surface area contributed by atoms with Crippen molar-refractivity contribution in [3.63, 3.8) is 0 Å². The lowest BCUT2D eigenvalue weighted by Crippen LogP contribution is -2.35. The van der Waals surface area contributed by atoms with Crippen molar-refractivity contribution in [3.05, 3.63) is 46.9 Å². The summed E-state index contributed by atoms with van der Waals surface area (Å²) in [5.41, 5.74) is 4.87. The van der Waals surface area contributed by atoms with Crippen molar-refractivity contribution in [3.8, 4) is 5.88 Å². The Labute approximate surface area is 187 Å². The minimum atomic E-state index is -0.234. The number of methoxy groups -OCH3 is 1. The third kappa shape index (κ3) is 4.26. The molecule has 7 nitrogen and oxygen atoms in total. The molecule has 0 unspecified atom stereocenters. The lowest BCUT2D eigenvalue weighted by Gasteiger charge is -2.24. The Bertz CT molecular complexity index is 1130. The molecule has 1 aliphatic rings. The second kappa shape index (κ2) is 9.14. The Balaban J connectivity index is 1.43. The Kier molecular flexibility index (Phi) is 6.30. The van der Waals surface area contributed by atoms with Gasteiger partial charge in [-0.15, -0.1) is 5.10 Å². The highest BCUT2D eigenvalue weighted by Gasteiger charge is 2.22. The average Bonchev–Trinajstić information content (AvgIpc) is 2.94. The molecule has 0 saturated carbocycles. The number of amides is 1. The van der Waals surface area contributed by atoms with Gasteiger partial charge in [0.2, 0.25) is 11.8 Å². The molecular formula is C24H30FN5O2. The summed E-state index contributed by atoms with van der Waals surface area (Å²) in [4.78, 5) is 21.9. The van der Waals surface area contributed by atoms with Crippen LogP contribution in [0.25, 0.3) is 11.0 Å². The van der Waals surface area contributed by atoms with E-state index in [1.54, 1.807) is 23.9 Å². The summed E-state index contributed by atoms with van der Waals surface area (Å²) in [5, 5.41) is 5.31. The van der Waals surface area contributed by atoms with Crippen molar-refractivity contribution in [2.45, 2.75) is 33.1 Å². The van der Waals surface area contributed by atoms with Crippen LogP contribution >= 0.6 is 0 Å². The minimum absolute atomic E-state index is 0.156.